The summed E-state index contributed by atoms with van der Waals surface area (Å²) in [7, 11) is 0. The van der Waals surface area contributed by atoms with Crippen LogP contribution in [0.1, 0.15) is 18.4 Å². The average molecular weight is 266 g/mol. The van der Waals surface area contributed by atoms with Crippen molar-refractivity contribution in [1.29, 1.82) is 0 Å². The van der Waals surface area contributed by atoms with Gasteiger partial charge >= 0.3 is 0 Å². The summed E-state index contributed by atoms with van der Waals surface area (Å²) in [6, 6.07) is 6.10. The summed E-state index contributed by atoms with van der Waals surface area (Å²) < 4.78 is 18.1. The Morgan fingerprint density at radius 1 is 1.37 bits per heavy atom. The fourth-order valence-corrected chi connectivity index (χ4v) is 2.02. The molecule has 1 aliphatic heterocycles. The van der Waals surface area contributed by atoms with E-state index < -0.39 is 0 Å². The summed E-state index contributed by atoms with van der Waals surface area (Å²) in [5.41, 5.74) is 0.883. The first kappa shape index (κ1) is 14.0. The Morgan fingerprint density at radius 3 is 2.84 bits per heavy atom. The van der Waals surface area contributed by atoms with E-state index in [4.69, 9.17) is 4.74 Å². The Balaban J connectivity index is 1.60. The number of amides is 1. The molecule has 5 heteroatoms. The molecule has 1 saturated heterocycles. The Kier molecular flexibility index (Phi) is 5.30. The number of hydrogen-bond acceptors (Lipinski definition) is 3. The highest BCUT2D eigenvalue weighted by Crippen LogP contribution is 2.10. The Bertz CT molecular complexity index is 402. The lowest BCUT2D eigenvalue weighted by atomic mass is 10.2. The highest BCUT2D eigenvalue weighted by Gasteiger charge is 2.14. The molecule has 0 unspecified atom stereocenters. The first-order valence-electron chi connectivity index (χ1n) is 6.57. The van der Waals surface area contributed by atoms with Crippen molar-refractivity contribution in [3.63, 3.8) is 0 Å². The van der Waals surface area contributed by atoms with Gasteiger partial charge in [-0.15, -0.1) is 0 Å². The second-order valence-electron chi connectivity index (χ2n) is 4.67. The van der Waals surface area contributed by atoms with Crippen molar-refractivity contribution in [2.75, 3.05) is 19.7 Å². The average Bonchev–Trinajstić information content (AvgIpc) is 2.91. The molecule has 0 saturated carbocycles. The maximum atomic E-state index is 12.7. The lowest BCUT2D eigenvalue weighted by molar-refractivity contribution is -0.120. The summed E-state index contributed by atoms with van der Waals surface area (Å²) in [6.07, 6.45) is 2.40. The van der Waals surface area contributed by atoms with Crippen LogP contribution in [0.2, 0.25) is 0 Å². The zero-order valence-electron chi connectivity index (χ0n) is 10.8. The van der Waals surface area contributed by atoms with E-state index in [1.54, 1.807) is 12.1 Å². The number of halogens is 1. The maximum Gasteiger partial charge on any atom is 0.234 e. The molecule has 0 bridgehead atoms. The smallest absolute Gasteiger partial charge is 0.234 e. The second-order valence-corrected chi connectivity index (χ2v) is 4.67. The highest BCUT2D eigenvalue weighted by molar-refractivity contribution is 5.77. The molecule has 104 valence electrons. The quantitative estimate of drug-likeness (QED) is 0.813. The fraction of sp³-hybridized carbons (Fsp3) is 0.500. The standard InChI is InChI=1S/C14H19FN2O2/c15-12-5-3-11(4-6-12)8-17-14(18)10-16-9-13-2-1-7-19-13/h3-6,13,16H,1-2,7-10H2,(H,17,18)/t13-/m1/s1. The Morgan fingerprint density at radius 2 is 2.16 bits per heavy atom. The third-order valence-corrected chi connectivity index (χ3v) is 3.08. The minimum Gasteiger partial charge on any atom is -0.377 e. The molecule has 2 rings (SSSR count). The zero-order valence-corrected chi connectivity index (χ0v) is 10.8. The molecule has 1 aromatic carbocycles. The first-order chi connectivity index (χ1) is 9.24. The third kappa shape index (κ3) is 4.96. The van der Waals surface area contributed by atoms with Crippen LogP contribution in [0.4, 0.5) is 4.39 Å². The van der Waals surface area contributed by atoms with Crippen LogP contribution in [-0.2, 0) is 16.1 Å². The number of rotatable bonds is 6. The highest BCUT2D eigenvalue weighted by atomic mass is 19.1. The van der Waals surface area contributed by atoms with Gasteiger partial charge in [0.1, 0.15) is 5.82 Å². The molecule has 1 atom stereocenters. The molecule has 0 aromatic heterocycles. The van der Waals surface area contributed by atoms with Gasteiger partial charge in [0, 0.05) is 19.7 Å². The number of hydrogen-bond donors (Lipinski definition) is 2. The van der Waals surface area contributed by atoms with Crippen molar-refractivity contribution < 1.29 is 13.9 Å². The van der Waals surface area contributed by atoms with Crippen LogP contribution in [0.25, 0.3) is 0 Å². The number of carbonyl (C=O) groups excluding carboxylic acids is 1. The van der Waals surface area contributed by atoms with Crippen molar-refractivity contribution in [3.8, 4) is 0 Å². The molecule has 1 aromatic rings. The molecule has 2 N–H and O–H groups in total. The number of nitrogens with one attached hydrogen (secondary N) is 2. The fourth-order valence-electron chi connectivity index (χ4n) is 2.02. The van der Waals surface area contributed by atoms with Gasteiger partial charge in [-0.3, -0.25) is 4.79 Å². The molecule has 1 heterocycles. The molecule has 1 amide bonds. The molecule has 1 fully saturated rings. The molecule has 19 heavy (non-hydrogen) atoms. The molecule has 0 spiro atoms. The van der Waals surface area contributed by atoms with Crippen molar-refractivity contribution in [1.82, 2.24) is 10.6 Å². The predicted octanol–water partition coefficient (Wildman–Crippen LogP) is 1.21. The van der Waals surface area contributed by atoms with E-state index in [0.717, 1.165) is 25.0 Å². The molecular weight excluding hydrogens is 247 g/mol. The Labute approximate surface area is 112 Å². The zero-order chi connectivity index (χ0) is 13.5. The monoisotopic (exact) mass is 266 g/mol. The minimum absolute atomic E-state index is 0.0673. The van der Waals surface area contributed by atoms with Gasteiger partial charge in [0.25, 0.3) is 0 Å². The van der Waals surface area contributed by atoms with Gasteiger partial charge in [-0.25, -0.2) is 4.39 Å². The lowest BCUT2D eigenvalue weighted by Crippen LogP contribution is -2.36. The third-order valence-electron chi connectivity index (χ3n) is 3.08. The predicted molar refractivity (Wildman–Crippen MR) is 70.1 cm³/mol. The van der Waals surface area contributed by atoms with E-state index in [-0.39, 0.29) is 24.4 Å². The topological polar surface area (TPSA) is 50.4 Å². The molecule has 0 radical (unpaired) electrons. The molecule has 1 aliphatic rings. The molecule has 0 aliphatic carbocycles. The summed E-state index contributed by atoms with van der Waals surface area (Å²) >= 11 is 0. The van der Waals surface area contributed by atoms with Crippen LogP contribution in [0.5, 0.6) is 0 Å². The van der Waals surface area contributed by atoms with Crippen LogP contribution in [-0.4, -0.2) is 31.7 Å². The van der Waals surface area contributed by atoms with E-state index in [1.165, 1.54) is 12.1 Å². The summed E-state index contributed by atoms with van der Waals surface area (Å²) in [6.45, 7) is 2.23. The molecular formula is C14H19FN2O2. The van der Waals surface area contributed by atoms with Crippen molar-refractivity contribution >= 4 is 5.91 Å². The summed E-state index contributed by atoms with van der Waals surface area (Å²) in [5, 5.41) is 5.85. The largest absolute Gasteiger partial charge is 0.377 e. The number of ether oxygens (including phenoxy) is 1. The van der Waals surface area contributed by atoms with Crippen LogP contribution in [0.15, 0.2) is 24.3 Å². The van der Waals surface area contributed by atoms with Crippen molar-refractivity contribution in [3.05, 3.63) is 35.6 Å². The van der Waals surface area contributed by atoms with Crippen molar-refractivity contribution in [2.45, 2.75) is 25.5 Å². The van der Waals surface area contributed by atoms with E-state index in [2.05, 4.69) is 10.6 Å². The van der Waals surface area contributed by atoms with Crippen molar-refractivity contribution in [2.24, 2.45) is 0 Å². The van der Waals surface area contributed by atoms with Gasteiger partial charge in [-0.2, -0.15) is 0 Å². The maximum absolute atomic E-state index is 12.7. The minimum atomic E-state index is -0.270. The number of carbonyl (C=O) groups is 1. The second kappa shape index (κ2) is 7.21. The van der Waals surface area contributed by atoms with Crippen LogP contribution in [0.3, 0.4) is 0 Å². The van der Waals surface area contributed by atoms with E-state index in [1.807, 2.05) is 0 Å². The normalized spacial score (nSPS) is 18.5. The van der Waals surface area contributed by atoms with Gasteiger partial charge in [0.05, 0.1) is 12.6 Å². The number of benzene rings is 1. The lowest BCUT2D eigenvalue weighted by Gasteiger charge is -2.10. The Hall–Kier alpha value is -1.46. The van der Waals surface area contributed by atoms with Gasteiger partial charge in [-0.1, -0.05) is 12.1 Å². The summed E-state index contributed by atoms with van der Waals surface area (Å²) in [4.78, 5) is 11.6. The van der Waals surface area contributed by atoms with Crippen LogP contribution in [0, 0.1) is 5.82 Å². The molecule has 4 nitrogen and oxygen atoms in total. The summed E-state index contributed by atoms with van der Waals surface area (Å²) in [5.74, 6) is -0.337. The van der Waals surface area contributed by atoms with Gasteiger partial charge < -0.3 is 15.4 Å². The SMILES string of the molecule is O=C(CNC[C@H]1CCCO1)NCc1ccc(F)cc1. The van der Waals surface area contributed by atoms with E-state index in [0.29, 0.717) is 13.1 Å². The van der Waals surface area contributed by atoms with E-state index in [9.17, 15) is 9.18 Å². The van der Waals surface area contributed by atoms with Gasteiger partial charge in [-0.05, 0) is 30.5 Å². The van der Waals surface area contributed by atoms with E-state index >= 15 is 0 Å². The van der Waals surface area contributed by atoms with Gasteiger partial charge in [0.15, 0.2) is 0 Å². The van der Waals surface area contributed by atoms with Crippen LogP contribution >= 0.6 is 0 Å². The van der Waals surface area contributed by atoms with Crippen LogP contribution < -0.4 is 10.6 Å². The van der Waals surface area contributed by atoms with Gasteiger partial charge in [0.2, 0.25) is 5.91 Å². The first-order valence-corrected chi connectivity index (χ1v) is 6.57.